The van der Waals surface area contributed by atoms with E-state index < -0.39 is 128 Å². The lowest BCUT2D eigenvalue weighted by Gasteiger charge is -2.28. The summed E-state index contributed by atoms with van der Waals surface area (Å²) in [4.78, 5) is 109. The Balaban J connectivity index is 5.92. The van der Waals surface area contributed by atoms with Crippen LogP contribution in [0.15, 0.2) is 0 Å². The molecule has 7 atom stereocenters. The maximum Gasteiger partial charge on any atom is 0.328 e. The van der Waals surface area contributed by atoms with Crippen LogP contribution in [0.4, 0.5) is 0 Å². The molecule has 0 rings (SSSR count). The van der Waals surface area contributed by atoms with Gasteiger partial charge in [-0.3, -0.25) is 38.4 Å². The molecule has 20 heteroatoms. The van der Waals surface area contributed by atoms with Crippen molar-refractivity contribution in [2.75, 3.05) is 6.61 Å². The molecule has 0 aliphatic heterocycles. The summed E-state index contributed by atoms with van der Waals surface area (Å²) >= 11 is 0. The van der Waals surface area contributed by atoms with Crippen LogP contribution in [-0.4, -0.2) is 117 Å². The third-order valence-electron chi connectivity index (χ3n) is 6.67. The van der Waals surface area contributed by atoms with Gasteiger partial charge in [-0.15, -0.1) is 0 Å². The van der Waals surface area contributed by atoms with Crippen molar-refractivity contribution in [3.8, 4) is 0 Å². The molecule has 0 aromatic heterocycles. The predicted octanol–water partition coefficient (Wildman–Crippen LogP) is -4.51. The number of amides is 6. The van der Waals surface area contributed by atoms with E-state index in [1.54, 1.807) is 13.8 Å². The van der Waals surface area contributed by atoms with Crippen molar-refractivity contribution in [3.05, 3.63) is 0 Å². The molecule has 6 amide bonds. The molecule has 0 saturated carbocycles. The Kier molecular flexibility index (Phi) is 18.1. The molecule has 46 heavy (non-hydrogen) atoms. The maximum atomic E-state index is 13.3. The second-order valence-electron chi connectivity index (χ2n) is 10.4. The molecule has 0 aromatic rings. The van der Waals surface area contributed by atoms with Gasteiger partial charge in [0.15, 0.2) is 0 Å². The number of carboxylic acids is 3. The minimum Gasteiger partial charge on any atom is -0.481 e. The standard InChI is InChI=1S/C26H43N7O13/c1-4-11(2)20(25(44)29-12(3)21(40)32-16(10-34)26(45)46)33-24(43)15(9-17(28)35)31-23(42)14(6-8-19(38)39)30-22(41)13(27)5-7-18(36)37/h11-16,20,34H,4-10,27H2,1-3H3,(H2,28,35)(H,29,44)(H,30,41)(H,31,42)(H,32,40)(H,33,43)(H,36,37)(H,38,39)(H,45,46)/t11-,12-,13-,14-,15-,16-,20-/m0/s1. The first-order valence-electron chi connectivity index (χ1n) is 14.2. The van der Waals surface area contributed by atoms with E-state index in [9.17, 15) is 43.2 Å². The molecule has 0 aromatic carbocycles. The lowest BCUT2D eigenvalue weighted by atomic mass is 9.97. The molecule has 0 radical (unpaired) electrons. The number of hydrogen-bond acceptors (Lipinski definition) is 11. The Labute approximate surface area is 263 Å². The van der Waals surface area contributed by atoms with E-state index in [2.05, 4.69) is 21.3 Å². The number of hydrogen-bond donors (Lipinski definition) is 11. The largest absolute Gasteiger partial charge is 0.481 e. The normalized spacial score (nSPS) is 15.3. The van der Waals surface area contributed by atoms with Gasteiger partial charge in [-0.2, -0.15) is 0 Å². The van der Waals surface area contributed by atoms with Gasteiger partial charge in [0.2, 0.25) is 35.4 Å². The molecule has 0 heterocycles. The van der Waals surface area contributed by atoms with Gasteiger partial charge in [-0.05, 0) is 25.7 Å². The Bertz CT molecular complexity index is 1150. The summed E-state index contributed by atoms with van der Waals surface area (Å²) in [6.07, 6.45) is -2.36. The Morgan fingerprint density at radius 3 is 1.63 bits per heavy atom. The molecule has 0 fully saturated rings. The van der Waals surface area contributed by atoms with Crippen molar-refractivity contribution in [2.45, 2.75) is 95.5 Å². The minimum atomic E-state index is -1.73. The summed E-state index contributed by atoms with van der Waals surface area (Å²) in [5.74, 6) is -10.8. The van der Waals surface area contributed by atoms with E-state index in [4.69, 9.17) is 31.9 Å². The average Bonchev–Trinajstić information content (AvgIpc) is 2.97. The number of aliphatic hydroxyl groups is 1. The lowest BCUT2D eigenvalue weighted by Crippen LogP contribution is -2.60. The van der Waals surface area contributed by atoms with Gasteiger partial charge in [0.25, 0.3) is 0 Å². The van der Waals surface area contributed by atoms with Gasteiger partial charge in [0.1, 0.15) is 30.2 Å². The van der Waals surface area contributed by atoms with Crippen LogP contribution in [0.2, 0.25) is 0 Å². The highest BCUT2D eigenvalue weighted by Crippen LogP contribution is 2.10. The van der Waals surface area contributed by atoms with Crippen LogP contribution in [0.3, 0.4) is 0 Å². The molecule has 13 N–H and O–H groups in total. The fourth-order valence-corrected chi connectivity index (χ4v) is 3.71. The second kappa shape index (κ2) is 20.2. The van der Waals surface area contributed by atoms with Crippen LogP contribution in [-0.2, 0) is 43.2 Å². The van der Waals surface area contributed by atoms with Crippen molar-refractivity contribution in [1.29, 1.82) is 0 Å². The van der Waals surface area contributed by atoms with Crippen molar-refractivity contribution in [1.82, 2.24) is 26.6 Å². The van der Waals surface area contributed by atoms with Crippen molar-refractivity contribution in [3.63, 3.8) is 0 Å². The monoisotopic (exact) mass is 661 g/mol. The van der Waals surface area contributed by atoms with E-state index in [-0.39, 0.29) is 6.42 Å². The molecule has 0 aliphatic carbocycles. The van der Waals surface area contributed by atoms with Crippen LogP contribution < -0.4 is 38.1 Å². The quantitative estimate of drug-likeness (QED) is 0.0521. The summed E-state index contributed by atoms with van der Waals surface area (Å²) in [6.45, 7) is 3.53. The van der Waals surface area contributed by atoms with Gasteiger partial charge in [-0.25, -0.2) is 4.79 Å². The molecule has 0 bridgehead atoms. The average molecular weight is 662 g/mol. The zero-order valence-electron chi connectivity index (χ0n) is 25.6. The molecule has 0 unspecified atom stereocenters. The fraction of sp³-hybridized carbons (Fsp3) is 0.654. The van der Waals surface area contributed by atoms with Crippen LogP contribution in [0.25, 0.3) is 0 Å². The van der Waals surface area contributed by atoms with Crippen LogP contribution >= 0.6 is 0 Å². The van der Waals surface area contributed by atoms with E-state index in [0.29, 0.717) is 6.42 Å². The molecule has 260 valence electrons. The van der Waals surface area contributed by atoms with Crippen molar-refractivity contribution >= 4 is 53.4 Å². The Morgan fingerprint density at radius 1 is 0.652 bits per heavy atom. The molecule has 0 aliphatic rings. The summed E-state index contributed by atoms with van der Waals surface area (Å²) in [6, 6.07) is -9.02. The summed E-state index contributed by atoms with van der Waals surface area (Å²) in [5.41, 5.74) is 10.9. The van der Waals surface area contributed by atoms with Gasteiger partial charge in [0, 0.05) is 12.8 Å². The SMILES string of the molecule is CC[C@H](C)[C@H](NC(=O)[C@H](CC(N)=O)NC(=O)[C@H](CCC(=O)O)NC(=O)[C@@H](N)CCC(=O)O)C(=O)N[C@@H](C)C(=O)N[C@@H](CO)C(=O)O. The van der Waals surface area contributed by atoms with Crippen LogP contribution in [0.5, 0.6) is 0 Å². The van der Waals surface area contributed by atoms with E-state index >= 15 is 0 Å². The topological polar surface area (TPSA) is 347 Å². The molecule has 20 nitrogen and oxygen atoms in total. The first-order chi connectivity index (χ1) is 21.3. The number of rotatable bonds is 22. The molecule has 0 saturated heterocycles. The van der Waals surface area contributed by atoms with Crippen LogP contribution in [0.1, 0.15) is 59.3 Å². The van der Waals surface area contributed by atoms with Gasteiger partial charge >= 0.3 is 17.9 Å². The maximum absolute atomic E-state index is 13.3. The number of nitrogens with one attached hydrogen (secondary N) is 5. The minimum absolute atomic E-state index is 0.304. The number of carbonyl (C=O) groups excluding carboxylic acids is 6. The highest BCUT2D eigenvalue weighted by Gasteiger charge is 2.34. The van der Waals surface area contributed by atoms with E-state index in [1.807, 2.05) is 5.32 Å². The van der Waals surface area contributed by atoms with Crippen molar-refractivity contribution < 1.29 is 63.6 Å². The van der Waals surface area contributed by atoms with E-state index in [1.165, 1.54) is 6.92 Å². The van der Waals surface area contributed by atoms with E-state index in [0.717, 1.165) is 0 Å². The molecular weight excluding hydrogens is 618 g/mol. The Morgan fingerprint density at radius 2 is 1.15 bits per heavy atom. The summed E-state index contributed by atoms with van der Waals surface area (Å²) in [5, 5.41) is 47.1. The molecular formula is C26H43N7O13. The zero-order chi connectivity index (χ0) is 35.7. The smallest absolute Gasteiger partial charge is 0.328 e. The number of aliphatic carboxylic acids is 3. The molecule has 0 spiro atoms. The number of carboxylic acid groups (broad SMARTS) is 3. The number of carbonyl (C=O) groups is 9. The van der Waals surface area contributed by atoms with Gasteiger partial charge < -0.3 is 58.5 Å². The van der Waals surface area contributed by atoms with Gasteiger partial charge in [0.05, 0.1) is 19.1 Å². The lowest BCUT2D eigenvalue weighted by molar-refractivity contribution is -0.143. The van der Waals surface area contributed by atoms with Crippen LogP contribution in [0, 0.1) is 5.92 Å². The first kappa shape index (κ1) is 41.1. The third kappa shape index (κ3) is 15.2. The third-order valence-corrected chi connectivity index (χ3v) is 6.67. The first-order valence-corrected chi connectivity index (χ1v) is 14.2. The number of primary amides is 1. The summed E-state index contributed by atoms with van der Waals surface area (Å²) in [7, 11) is 0. The fourth-order valence-electron chi connectivity index (χ4n) is 3.71. The highest BCUT2D eigenvalue weighted by molar-refractivity contribution is 5.98. The Hall–Kier alpha value is -4.85. The zero-order valence-corrected chi connectivity index (χ0v) is 25.6. The number of aliphatic hydroxyl groups excluding tert-OH is 1. The number of nitrogens with two attached hydrogens (primary N) is 2. The predicted molar refractivity (Wildman–Crippen MR) is 155 cm³/mol. The van der Waals surface area contributed by atoms with Gasteiger partial charge in [-0.1, -0.05) is 20.3 Å². The second-order valence-corrected chi connectivity index (χ2v) is 10.4. The van der Waals surface area contributed by atoms with Crippen molar-refractivity contribution in [2.24, 2.45) is 17.4 Å². The highest BCUT2D eigenvalue weighted by atomic mass is 16.4. The summed E-state index contributed by atoms with van der Waals surface area (Å²) < 4.78 is 0.